The largest absolute Gasteiger partial charge is 0.333 e. The Morgan fingerprint density at radius 3 is 2.80 bits per heavy atom. The molecule has 6 heteroatoms. The van der Waals surface area contributed by atoms with Gasteiger partial charge in [-0.05, 0) is 32.3 Å². The lowest BCUT2D eigenvalue weighted by molar-refractivity contribution is -0.384. The maximum absolute atomic E-state index is 12.6. The second-order valence-electron chi connectivity index (χ2n) is 5.12. The van der Waals surface area contributed by atoms with Gasteiger partial charge in [0.05, 0.1) is 15.5 Å². The van der Waals surface area contributed by atoms with Gasteiger partial charge in [-0.25, -0.2) is 0 Å². The number of benzene rings is 1. The molecule has 0 saturated carbocycles. The molecule has 108 valence electrons. The molecule has 1 aromatic rings. The van der Waals surface area contributed by atoms with Crippen molar-refractivity contribution in [3.8, 4) is 0 Å². The van der Waals surface area contributed by atoms with E-state index in [1.165, 1.54) is 18.2 Å². The number of hydrogen-bond acceptors (Lipinski definition) is 3. The minimum atomic E-state index is -0.516. The summed E-state index contributed by atoms with van der Waals surface area (Å²) in [6.45, 7) is 4.04. The van der Waals surface area contributed by atoms with E-state index in [9.17, 15) is 14.9 Å². The summed E-state index contributed by atoms with van der Waals surface area (Å²) in [5, 5.41) is 11.1. The number of halogens is 1. The Hall–Kier alpha value is -1.62. The molecule has 1 fully saturated rings. The highest BCUT2D eigenvalue weighted by Crippen LogP contribution is 2.31. The van der Waals surface area contributed by atoms with Crippen LogP contribution in [0, 0.1) is 10.1 Å². The van der Waals surface area contributed by atoms with Gasteiger partial charge in [-0.3, -0.25) is 14.9 Å². The zero-order valence-corrected chi connectivity index (χ0v) is 12.3. The first kappa shape index (κ1) is 14.8. The van der Waals surface area contributed by atoms with Crippen LogP contribution in [0.1, 0.15) is 43.5 Å². The number of rotatable bonds is 3. The van der Waals surface area contributed by atoms with Crippen LogP contribution < -0.4 is 0 Å². The fourth-order valence-electron chi connectivity index (χ4n) is 2.77. The van der Waals surface area contributed by atoms with Crippen LogP contribution in [0.4, 0.5) is 5.69 Å². The van der Waals surface area contributed by atoms with Crippen molar-refractivity contribution >= 4 is 23.2 Å². The smallest absolute Gasteiger partial charge is 0.270 e. The van der Waals surface area contributed by atoms with Crippen LogP contribution in [0.3, 0.4) is 0 Å². The molecule has 2 unspecified atom stereocenters. The van der Waals surface area contributed by atoms with E-state index >= 15 is 0 Å². The number of carbonyl (C=O) groups excluding carboxylic acids is 1. The molecule has 0 N–H and O–H groups in total. The van der Waals surface area contributed by atoms with Crippen molar-refractivity contribution in [2.24, 2.45) is 0 Å². The standard InChI is InChI=1S/C14H17ClN2O3/c1-3-10-5-4-9(2)16(10)14(18)12-8-11(17(19)20)6-7-13(12)15/h6-10H,3-5H2,1-2H3. The zero-order chi connectivity index (χ0) is 14.9. The van der Waals surface area contributed by atoms with Gasteiger partial charge in [-0.15, -0.1) is 0 Å². The van der Waals surface area contributed by atoms with Crippen LogP contribution in [0.15, 0.2) is 18.2 Å². The van der Waals surface area contributed by atoms with Crippen molar-refractivity contribution < 1.29 is 9.72 Å². The lowest BCUT2D eigenvalue weighted by Gasteiger charge is -2.28. The van der Waals surface area contributed by atoms with Crippen LogP contribution in [0.2, 0.25) is 5.02 Å². The summed E-state index contributed by atoms with van der Waals surface area (Å²) < 4.78 is 0. The van der Waals surface area contributed by atoms with Crippen molar-refractivity contribution in [3.05, 3.63) is 38.9 Å². The molecule has 1 amide bonds. The van der Waals surface area contributed by atoms with Gasteiger partial charge in [-0.2, -0.15) is 0 Å². The van der Waals surface area contributed by atoms with E-state index in [0.29, 0.717) is 0 Å². The summed E-state index contributed by atoms with van der Waals surface area (Å²) in [5.41, 5.74) is 0.103. The molecular formula is C14H17ClN2O3. The fourth-order valence-corrected chi connectivity index (χ4v) is 2.97. The second-order valence-corrected chi connectivity index (χ2v) is 5.53. The van der Waals surface area contributed by atoms with E-state index in [4.69, 9.17) is 11.6 Å². The van der Waals surface area contributed by atoms with E-state index in [1.54, 1.807) is 0 Å². The monoisotopic (exact) mass is 296 g/mol. The Morgan fingerprint density at radius 2 is 2.20 bits per heavy atom. The van der Waals surface area contributed by atoms with Crippen molar-refractivity contribution in [3.63, 3.8) is 0 Å². The summed E-state index contributed by atoms with van der Waals surface area (Å²) in [6, 6.07) is 4.32. The number of non-ortho nitro benzene ring substituents is 1. The van der Waals surface area contributed by atoms with Crippen molar-refractivity contribution in [1.82, 2.24) is 4.90 Å². The first-order valence-electron chi connectivity index (χ1n) is 6.72. The first-order valence-corrected chi connectivity index (χ1v) is 7.10. The quantitative estimate of drug-likeness (QED) is 0.632. The molecule has 1 aliphatic heterocycles. The predicted octanol–water partition coefficient (Wildman–Crippen LogP) is 3.65. The van der Waals surface area contributed by atoms with Gasteiger partial charge < -0.3 is 4.90 Å². The highest BCUT2D eigenvalue weighted by atomic mass is 35.5. The van der Waals surface area contributed by atoms with Crippen LogP contribution in [-0.4, -0.2) is 27.8 Å². The summed E-state index contributed by atoms with van der Waals surface area (Å²) in [5.74, 6) is -0.212. The molecule has 20 heavy (non-hydrogen) atoms. The van der Waals surface area contributed by atoms with Gasteiger partial charge in [0.15, 0.2) is 0 Å². The average Bonchev–Trinajstić information content (AvgIpc) is 2.79. The molecule has 0 radical (unpaired) electrons. The molecule has 2 rings (SSSR count). The van der Waals surface area contributed by atoms with Crippen molar-refractivity contribution in [2.45, 2.75) is 45.2 Å². The van der Waals surface area contributed by atoms with E-state index in [1.807, 2.05) is 18.7 Å². The van der Waals surface area contributed by atoms with Crippen molar-refractivity contribution in [1.29, 1.82) is 0 Å². The Bertz CT molecular complexity index is 547. The molecule has 0 spiro atoms. The summed E-state index contributed by atoms with van der Waals surface area (Å²) >= 11 is 6.04. The maximum atomic E-state index is 12.6. The molecule has 1 aromatic carbocycles. The number of amides is 1. The number of carbonyl (C=O) groups is 1. The van der Waals surface area contributed by atoms with Crippen LogP contribution in [0.25, 0.3) is 0 Å². The maximum Gasteiger partial charge on any atom is 0.270 e. The molecule has 1 heterocycles. The summed E-state index contributed by atoms with van der Waals surface area (Å²) in [6.07, 6.45) is 2.80. The van der Waals surface area contributed by atoms with E-state index < -0.39 is 4.92 Å². The van der Waals surface area contributed by atoms with E-state index in [2.05, 4.69) is 0 Å². The molecular weight excluding hydrogens is 280 g/mol. The average molecular weight is 297 g/mol. The minimum Gasteiger partial charge on any atom is -0.333 e. The Balaban J connectivity index is 2.37. The van der Waals surface area contributed by atoms with Gasteiger partial charge in [0.25, 0.3) is 11.6 Å². The predicted molar refractivity (Wildman–Crippen MR) is 77.1 cm³/mol. The van der Waals surface area contributed by atoms with Crippen LogP contribution in [-0.2, 0) is 0 Å². The second kappa shape index (κ2) is 5.79. The zero-order valence-electron chi connectivity index (χ0n) is 11.5. The van der Waals surface area contributed by atoms with Gasteiger partial charge in [0, 0.05) is 24.2 Å². The summed E-state index contributed by atoms with van der Waals surface area (Å²) in [4.78, 5) is 24.8. The number of nitro groups is 1. The number of likely N-dealkylation sites (tertiary alicyclic amines) is 1. The first-order chi connectivity index (χ1) is 9.45. The molecule has 0 aliphatic carbocycles. The molecule has 2 atom stereocenters. The number of nitro benzene ring substituents is 1. The Kier molecular flexibility index (Phi) is 4.28. The number of hydrogen-bond donors (Lipinski definition) is 0. The van der Waals surface area contributed by atoms with Gasteiger partial charge in [0.1, 0.15) is 0 Å². The molecule has 1 saturated heterocycles. The lowest BCUT2D eigenvalue weighted by Crippen LogP contribution is -2.39. The third-order valence-corrected chi connectivity index (χ3v) is 4.21. The molecule has 5 nitrogen and oxygen atoms in total. The topological polar surface area (TPSA) is 63.5 Å². The SMILES string of the molecule is CCC1CCC(C)N1C(=O)c1cc([N+](=O)[O-])ccc1Cl. The van der Waals surface area contributed by atoms with Gasteiger partial charge >= 0.3 is 0 Å². The van der Waals surface area contributed by atoms with Gasteiger partial charge in [0.2, 0.25) is 0 Å². The molecule has 1 aliphatic rings. The van der Waals surface area contributed by atoms with Crippen LogP contribution in [0.5, 0.6) is 0 Å². The highest BCUT2D eigenvalue weighted by molar-refractivity contribution is 6.34. The number of nitrogens with zero attached hydrogens (tertiary/aromatic N) is 2. The van der Waals surface area contributed by atoms with Crippen molar-refractivity contribution in [2.75, 3.05) is 0 Å². The Labute approximate surface area is 122 Å². The molecule has 0 aromatic heterocycles. The normalized spacial score (nSPS) is 22.1. The minimum absolute atomic E-state index is 0.113. The summed E-state index contributed by atoms with van der Waals surface area (Å²) in [7, 11) is 0. The van der Waals surface area contributed by atoms with Crippen LogP contribution >= 0.6 is 11.6 Å². The van der Waals surface area contributed by atoms with E-state index in [-0.39, 0.29) is 34.3 Å². The highest BCUT2D eigenvalue weighted by Gasteiger charge is 2.34. The Morgan fingerprint density at radius 1 is 1.50 bits per heavy atom. The lowest BCUT2D eigenvalue weighted by atomic mass is 10.1. The third-order valence-electron chi connectivity index (χ3n) is 3.88. The molecule has 0 bridgehead atoms. The van der Waals surface area contributed by atoms with E-state index in [0.717, 1.165) is 19.3 Å². The fraction of sp³-hybridized carbons (Fsp3) is 0.500. The third kappa shape index (κ3) is 2.63. The van der Waals surface area contributed by atoms with Gasteiger partial charge in [-0.1, -0.05) is 18.5 Å².